The fraction of sp³-hybridized carbons (Fsp3) is 0.545. The van der Waals surface area contributed by atoms with E-state index in [1.54, 1.807) is 6.07 Å². The molecule has 0 aromatic carbocycles. The molecule has 0 bridgehead atoms. The van der Waals surface area contributed by atoms with Crippen LogP contribution in [0.3, 0.4) is 0 Å². The van der Waals surface area contributed by atoms with Gasteiger partial charge < -0.3 is 10.8 Å². The van der Waals surface area contributed by atoms with Crippen LogP contribution in [0.2, 0.25) is 0 Å². The third-order valence-electron chi connectivity index (χ3n) is 2.84. The zero-order valence-electron chi connectivity index (χ0n) is 8.76. The molecular formula is C11H17N3O. The van der Waals surface area contributed by atoms with Gasteiger partial charge in [0.15, 0.2) is 0 Å². The fourth-order valence-corrected chi connectivity index (χ4v) is 2.02. The van der Waals surface area contributed by atoms with Gasteiger partial charge in [-0.3, -0.25) is 4.90 Å². The van der Waals surface area contributed by atoms with Crippen LogP contribution in [0, 0.1) is 5.92 Å². The maximum absolute atomic E-state index is 9.03. The van der Waals surface area contributed by atoms with Crippen LogP contribution >= 0.6 is 0 Å². The van der Waals surface area contributed by atoms with Crippen LogP contribution in [0.4, 0.5) is 5.82 Å². The molecule has 1 saturated heterocycles. The molecule has 1 aromatic rings. The van der Waals surface area contributed by atoms with E-state index in [-0.39, 0.29) is 0 Å². The molecule has 0 saturated carbocycles. The highest BCUT2D eigenvalue weighted by molar-refractivity contribution is 5.28. The Balaban J connectivity index is 1.92. The van der Waals surface area contributed by atoms with Gasteiger partial charge in [-0.15, -0.1) is 0 Å². The van der Waals surface area contributed by atoms with E-state index in [0.29, 0.717) is 18.3 Å². The van der Waals surface area contributed by atoms with E-state index in [0.717, 1.165) is 31.7 Å². The van der Waals surface area contributed by atoms with Crippen molar-refractivity contribution in [3.05, 3.63) is 23.9 Å². The summed E-state index contributed by atoms with van der Waals surface area (Å²) in [6, 6.07) is 5.71. The number of rotatable bonds is 3. The van der Waals surface area contributed by atoms with Crippen molar-refractivity contribution in [2.75, 3.05) is 25.4 Å². The first-order chi connectivity index (χ1) is 7.28. The van der Waals surface area contributed by atoms with Gasteiger partial charge in [-0.25, -0.2) is 4.98 Å². The summed E-state index contributed by atoms with van der Waals surface area (Å²) in [5.74, 6) is 1.01. The minimum Gasteiger partial charge on any atom is -0.396 e. The molecular weight excluding hydrogens is 190 g/mol. The highest BCUT2D eigenvalue weighted by atomic mass is 16.3. The molecule has 0 radical (unpaired) electrons. The number of nitrogens with zero attached hydrogens (tertiary/aromatic N) is 2. The molecule has 82 valence electrons. The first kappa shape index (κ1) is 10.4. The molecule has 2 rings (SSSR count). The summed E-state index contributed by atoms with van der Waals surface area (Å²) in [7, 11) is 0. The lowest BCUT2D eigenvalue weighted by Gasteiger charge is -2.14. The zero-order valence-corrected chi connectivity index (χ0v) is 8.76. The Morgan fingerprint density at radius 3 is 3.07 bits per heavy atom. The summed E-state index contributed by atoms with van der Waals surface area (Å²) in [4.78, 5) is 6.57. The van der Waals surface area contributed by atoms with Gasteiger partial charge in [0, 0.05) is 19.7 Å². The number of aromatic nitrogens is 1. The molecule has 4 heteroatoms. The third kappa shape index (κ3) is 2.67. The van der Waals surface area contributed by atoms with Gasteiger partial charge in [-0.2, -0.15) is 0 Å². The second-order valence-electron chi connectivity index (χ2n) is 4.13. The SMILES string of the molecule is Nc1cccc(CN2CCC(CO)C2)n1. The number of likely N-dealkylation sites (tertiary alicyclic amines) is 1. The van der Waals surface area contributed by atoms with Crippen molar-refractivity contribution in [3.63, 3.8) is 0 Å². The first-order valence-corrected chi connectivity index (χ1v) is 5.32. The molecule has 0 spiro atoms. The summed E-state index contributed by atoms with van der Waals surface area (Å²) in [6.45, 7) is 3.14. The average molecular weight is 207 g/mol. The van der Waals surface area contributed by atoms with Crippen LogP contribution in [0.1, 0.15) is 12.1 Å². The van der Waals surface area contributed by atoms with Crippen LogP contribution in [-0.4, -0.2) is 34.7 Å². The molecule has 1 fully saturated rings. The monoisotopic (exact) mass is 207 g/mol. The minimum atomic E-state index is 0.293. The molecule has 15 heavy (non-hydrogen) atoms. The van der Waals surface area contributed by atoms with E-state index in [4.69, 9.17) is 10.8 Å². The first-order valence-electron chi connectivity index (χ1n) is 5.32. The molecule has 0 amide bonds. The fourth-order valence-electron chi connectivity index (χ4n) is 2.02. The third-order valence-corrected chi connectivity index (χ3v) is 2.84. The van der Waals surface area contributed by atoms with E-state index >= 15 is 0 Å². The summed E-state index contributed by atoms with van der Waals surface area (Å²) >= 11 is 0. The predicted molar refractivity (Wildman–Crippen MR) is 59.1 cm³/mol. The van der Waals surface area contributed by atoms with Gasteiger partial charge in [0.05, 0.1) is 5.69 Å². The Hall–Kier alpha value is -1.13. The Labute approximate surface area is 89.7 Å². The van der Waals surface area contributed by atoms with Crippen molar-refractivity contribution in [1.29, 1.82) is 0 Å². The van der Waals surface area contributed by atoms with Crippen molar-refractivity contribution in [2.45, 2.75) is 13.0 Å². The number of nitrogen functional groups attached to an aromatic ring is 1. The molecule has 0 aliphatic carbocycles. The van der Waals surface area contributed by atoms with Gasteiger partial charge in [-0.1, -0.05) is 6.07 Å². The van der Waals surface area contributed by atoms with Crippen molar-refractivity contribution in [2.24, 2.45) is 5.92 Å². The van der Waals surface area contributed by atoms with Crippen LogP contribution in [0.25, 0.3) is 0 Å². The number of aliphatic hydroxyl groups is 1. The molecule has 1 aliphatic heterocycles. The number of anilines is 1. The quantitative estimate of drug-likeness (QED) is 0.756. The number of hydrogen-bond acceptors (Lipinski definition) is 4. The van der Waals surface area contributed by atoms with Crippen LogP contribution in [-0.2, 0) is 6.54 Å². The maximum Gasteiger partial charge on any atom is 0.123 e. The lowest BCUT2D eigenvalue weighted by Crippen LogP contribution is -2.21. The molecule has 1 unspecified atom stereocenters. The number of hydrogen-bond donors (Lipinski definition) is 2. The van der Waals surface area contributed by atoms with Crippen LogP contribution in [0.15, 0.2) is 18.2 Å². The van der Waals surface area contributed by atoms with Crippen LogP contribution < -0.4 is 5.73 Å². The van der Waals surface area contributed by atoms with Gasteiger partial charge in [0.2, 0.25) is 0 Å². The summed E-state index contributed by atoms with van der Waals surface area (Å²) < 4.78 is 0. The van der Waals surface area contributed by atoms with Crippen molar-refractivity contribution >= 4 is 5.82 Å². The van der Waals surface area contributed by atoms with E-state index in [1.807, 2.05) is 12.1 Å². The predicted octanol–water partition coefficient (Wildman–Crippen LogP) is 0.478. The topological polar surface area (TPSA) is 62.4 Å². The number of pyridine rings is 1. The standard InChI is InChI=1S/C11H17N3O/c12-11-3-1-2-10(13-11)7-14-5-4-9(6-14)8-15/h1-3,9,15H,4-8H2,(H2,12,13). The highest BCUT2D eigenvalue weighted by Crippen LogP contribution is 2.17. The van der Waals surface area contributed by atoms with Crippen molar-refractivity contribution < 1.29 is 5.11 Å². The van der Waals surface area contributed by atoms with Gasteiger partial charge >= 0.3 is 0 Å². The molecule has 1 aliphatic rings. The lowest BCUT2D eigenvalue weighted by atomic mass is 10.1. The molecule has 4 nitrogen and oxygen atoms in total. The largest absolute Gasteiger partial charge is 0.396 e. The van der Waals surface area contributed by atoms with Crippen molar-refractivity contribution in [1.82, 2.24) is 9.88 Å². The number of nitrogens with two attached hydrogens (primary N) is 1. The molecule has 2 heterocycles. The minimum absolute atomic E-state index is 0.293. The normalized spacial score (nSPS) is 22.1. The van der Waals surface area contributed by atoms with Gasteiger partial charge in [0.1, 0.15) is 5.82 Å². The Morgan fingerprint density at radius 1 is 1.53 bits per heavy atom. The maximum atomic E-state index is 9.03. The average Bonchev–Trinajstić information content (AvgIpc) is 2.65. The molecule has 1 aromatic heterocycles. The molecule has 3 N–H and O–H groups in total. The smallest absolute Gasteiger partial charge is 0.123 e. The van der Waals surface area contributed by atoms with E-state index < -0.39 is 0 Å². The lowest BCUT2D eigenvalue weighted by molar-refractivity contribution is 0.219. The van der Waals surface area contributed by atoms with E-state index in [2.05, 4.69) is 9.88 Å². The van der Waals surface area contributed by atoms with Crippen molar-refractivity contribution in [3.8, 4) is 0 Å². The van der Waals surface area contributed by atoms with E-state index in [1.165, 1.54) is 0 Å². The second kappa shape index (κ2) is 4.59. The molecule has 1 atom stereocenters. The van der Waals surface area contributed by atoms with Gasteiger partial charge in [0.25, 0.3) is 0 Å². The number of aliphatic hydroxyl groups excluding tert-OH is 1. The highest BCUT2D eigenvalue weighted by Gasteiger charge is 2.21. The van der Waals surface area contributed by atoms with Crippen LogP contribution in [0.5, 0.6) is 0 Å². The Bertz CT molecular complexity index is 329. The summed E-state index contributed by atoms with van der Waals surface area (Å²) in [5, 5.41) is 9.03. The Kier molecular flexibility index (Phi) is 3.18. The van der Waals surface area contributed by atoms with E-state index in [9.17, 15) is 0 Å². The zero-order chi connectivity index (χ0) is 10.7. The second-order valence-corrected chi connectivity index (χ2v) is 4.13. The Morgan fingerprint density at radius 2 is 2.40 bits per heavy atom. The summed E-state index contributed by atoms with van der Waals surface area (Å²) in [6.07, 6.45) is 1.08. The van der Waals surface area contributed by atoms with Gasteiger partial charge in [-0.05, 0) is 31.0 Å². The summed E-state index contributed by atoms with van der Waals surface area (Å²) in [5.41, 5.74) is 6.62.